The third kappa shape index (κ3) is 5.82. The number of benzene rings is 2. The van der Waals surface area contributed by atoms with Crippen LogP contribution in [0.4, 0.5) is 11.4 Å². The van der Waals surface area contributed by atoms with Gasteiger partial charge in [0.25, 0.3) is 11.5 Å². The summed E-state index contributed by atoms with van der Waals surface area (Å²) in [4.78, 5) is 51.6. The molecule has 0 spiro atoms. The Morgan fingerprint density at radius 2 is 1.92 bits per heavy atom. The van der Waals surface area contributed by atoms with Crippen LogP contribution in [0, 0.1) is 0 Å². The Morgan fingerprint density at radius 3 is 2.62 bits per heavy atom. The lowest BCUT2D eigenvalue weighted by molar-refractivity contribution is -0.164. The van der Waals surface area contributed by atoms with Gasteiger partial charge < -0.3 is 25.8 Å². The Morgan fingerprint density at radius 1 is 1.16 bits per heavy atom. The molecular weight excluding hydrogens is 500 g/mol. The molecular formula is C26H25ClN4O6. The van der Waals surface area contributed by atoms with Gasteiger partial charge in [-0.15, -0.1) is 0 Å². The number of nitrogen functional groups attached to an aromatic ring is 1. The standard InChI is InChI=1S/C26H25ClN4O6/c1-2-36-26-20(14-21(32)37-26)30-24(34)22(15-7-4-3-5-8-15)31-12-6-9-19(25(31)35)29-23(33)16-10-11-18(28)17(27)13-16/h3-13,20,22,26H,2,14,28H2,1H3,(H,29,33)(H,30,34)/t20-,22+,26-/m0/s1. The molecule has 11 heteroatoms. The van der Waals surface area contributed by atoms with Gasteiger partial charge in [0.1, 0.15) is 17.8 Å². The van der Waals surface area contributed by atoms with Crippen molar-refractivity contribution in [2.24, 2.45) is 0 Å². The van der Waals surface area contributed by atoms with Crippen LogP contribution >= 0.6 is 11.6 Å². The van der Waals surface area contributed by atoms with Crippen molar-refractivity contribution in [3.05, 3.63) is 93.4 Å². The van der Waals surface area contributed by atoms with Gasteiger partial charge in [-0.3, -0.25) is 23.7 Å². The maximum absolute atomic E-state index is 13.5. The van der Waals surface area contributed by atoms with Crippen molar-refractivity contribution in [3.8, 4) is 0 Å². The lowest BCUT2D eigenvalue weighted by Crippen LogP contribution is -2.46. The summed E-state index contributed by atoms with van der Waals surface area (Å²) in [7, 11) is 0. The van der Waals surface area contributed by atoms with Crippen molar-refractivity contribution < 1.29 is 23.9 Å². The Kier molecular flexibility index (Phi) is 7.90. The molecule has 3 atom stereocenters. The topological polar surface area (TPSA) is 142 Å². The van der Waals surface area contributed by atoms with Crippen molar-refractivity contribution in [1.82, 2.24) is 9.88 Å². The van der Waals surface area contributed by atoms with E-state index in [4.69, 9.17) is 26.8 Å². The molecule has 4 rings (SSSR count). The molecule has 1 aliphatic heterocycles. The van der Waals surface area contributed by atoms with Crippen molar-refractivity contribution >= 4 is 40.8 Å². The first-order chi connectivity index (χ1) is 17.8. The van der Waals surface area contributed by atoms with Crippen molar-refractivity contribution in [1.29, 1.82) is 0 Å². The second-order valence-electron chi connectivity index (χ2n) is 8.27. The number of amides is 2. The lowest BCUT2D eigenvalue weighted by atomic mass is 10.0. The smallest absolute Gasteiger partial charge is 0.310 e. The fraction of sp³-hybridized carbons (Fsp3) is 0.231. The molecule has 1 saturated heterocycles. The third-order valence-corrected chi connectivity index (χ3v) is 6.08. The fourth-order valence-corrected chi connectivity index (χ4v) is 4.16. The number of nitrogens with one attached hydrogen (secondary N) is 2. The summed E-state index contributed by atoms with van der Waals surface area (Å²) in [6.45, 7) is 2.03. The van der Waals surface area contributed by atoms with Crippen LogP contribution in [0.15, 0.2) is 71.7 Å². The number of esters is 1. The number of hydrogen-bond acceptors (Lipinski definition) is 7. The summed E-state index contributed by atoms with van der Waals surface area (Å²) in [6, 6.07) is 14.2. The number of pyridine rings is 1. The molecule has 0 radical (unpaired) electrons. The first kappa shape index (κ1) is 25.9. The van der Waals surface area contributed by atoms with Gasteiger partial charge in [-0.25, -0.2) is 0 Å². The summed E-state index contributed by atoms with van der Waals surface area (Å²) < 4.78 is 11.8. The van der Waals surface area contributed by atoms with E-state index in [0.29, 0.717) is 11.3 Å². The molecule has 2 heterocycles. The quantitative estimate of drug-likeness (QED) is 0.304. The van der Waals surface area contributed by atoms with Crippen LogP contribution in [0.3, 0.4) is 0 Å². The van der Waals surface area contributed by atoms with Crippen LogP contribution in [0.2, 0.25) is 5.02 Å². The number of anilines is 2. The molecule has 0 bridgehead atoms. The maximum atomic E-state index is 13.5. The molecule has 4 N–H and O–H groups in total. The van der Waals surface area contributed by atoms with E-state index >= 15 is 0 Å². The van der Waals surface area contributed by atoms with E-state index in [1.165, 1.54) is 35.0 Å². The monoisotopic (exact) mass is 524 g/mol. The summed E-state index contributed by atoms with van der Waals surface area (Å²) in [6.07, 6.45) is 0.463. The Labute approximate surface area is 217 Å². The molecule has 10 nitrogen and oxygen atoms in total. The number of aromatic nitrogens is 1. The van der Waals surface area contributed by atoms with Crippen LogP contribution < -0.4 is 21.9 Å². The largest absolute Gasteiger partial charge is 0.433 e. The SMILES string of the molecule is CCO[C@H]1OC(=O)C[C@@H]1NC(=O)[C@@H](c1ccccc1)n1cccc(NC(=O)c2ccc(N)c(Cl)c2)c1=O. The van der Waals surface area contributed by atoms with Crippen LogP contribution in [-0.2, 0) is 19.1 Å². The fourth-order valence-electron chi connectivity index (χ4n) is 3.98. The van der Waals surface area contributed by atoms with Crippen LogP contribution in [-0.4, -0.2) is 41.3 Å². The normalized spacial score (nSPS) is 17.6. The van der Waals surface area contributed by atoms with Crippen molar-refractivity contribution in [3.63, 3.8) is 0 Å². The predicted molar refractivity (Wildman–Crippen MR) is 137 cm³/mol. The number of carbonyl (C=O) groups is 3. The highest BCUT2D eigenvalue weighted by Crippen LogP contribution is 2.23. The van der Waals surface area contributed by atoms with Gasteiger partial charge in [-0.05, 0) is 42.8 Å². The van der Waals surface area contributed by atoms with Gasteiger partial charge >= 0.3 is 5.97 Å². The van der Waals surface area contributed by atoms with Crippen LogP contribution in [0.1, 0.15) is 35.3 Å². The second kappa shape index (κ2) is 11.3. The molecule has 37 heavy (non-hydrogen) atoms. The number of hydrogen-bond donors (Lipinski definition) is 3. The summed E-state index contributed by atoms with van der Waals surface area (Å²) in [5.41, 5.74) is 6.10. The number of cyclic esters (lactones) is 1. The molecule has 1 fully saturated rings. The Balaban J connectivity index is 1.65. The lowest BCUT2D eigenvalue weighted by Gasteiger charge is -2.24. The first-order valence-corrected chi connectivity index (χ1v) is 11.9. The maximum Gasteiger partial charge on any atom is 0.310 e. The van der Waals surface area contributed by atoms with E-state index in [2.05, 4.69) is 10.6 Å². The zero-order chi connectivity index (χ0) is 26.5. The van der Waals surface area contributed by atoms with Gasteiger partial charge in [0.2, 0.25) is 12.2 Å². The zero-order valence-electron chi connectivity index (χ0n) is 19.8. The molecule has 0 saturated carbocycles. The molecule has 2 amide bonds. The van der Waals surface area contributed by atoms with E-state index in [1.54, 1.807) is 43.3 Å². The minimum absolute atomic E-state index is 0.0410. The molecule has 3 aromatic rings. The van der Waals surface area contributed by atoms with E-state index in [1.807, 2.05) is 0 Å². The van der Waals surface area contributed by atoms with Crippen molar-refractivity contribution in [2.45, 2.75) is 31.7 Å². The van der Waals surface area contributed by atoms with E-state index in [0.717, 1.165) is 0 Å². The average Bonchev–Trinajstić information content (AvgIpc) is 3.22. The van der Waals surface area contributed by atoms with Crippen molar-refractivity contribution in [2.75, 3.05) is 17.7 Å². The van der Waals surface area contributed by atoms with E-state index in [9.17, 15) is 19.2 Å². The van der Waals surface area contributed by atoms with Gasteiger partial charge in [0, 0.05) is 18.4 Å². The number of ether oxygens (including phenoxy) is 2. The summed E-state index contributed by atoms with van der Waals surface area (Å²) in [5.74, 6) is -1.61. The second-order valence-corrected chi connectivity index (χ2v) is 8.68. The number of rotatable bonds is 8. The third-order valence-electron chi connectivity index (χ3n) is 5.75. The molecule has 1 aromatic heterocycles. The van der Waals surface area contributed by atoms with Gasteiger partial charge in [-0.1, -0.05) is 41.9 Å². The van der Waals surface area contributed by atoms with Crippen LogP contribution in [0.5, 0.6) is 0 Å². The molecule has 1 aliphatic rings. The number of nitrogens with two attached hydrogens (primary N) is 1. The average molecular weight is 525 g/mol. The Bertz CT molecular complexity index is 1380. The number of carbonyl (C=O) groups excluding carboxylic acids is 3. The zero-order valence-corrected chi connectivity index (χ0v) is 20.6. The highest BCUT2D eigenvalue weighted by atomic mass is 35.5. The molecule has 192 valence electrons. The van der Waals surface area contributed by atoms with Gasteiger partial charge in [0.15, 0.2) is 0 Å². The minimum atomic E-state index is -1.10. The predicted octanol–water partition coefficient (Wildman–Crippen LogP) is 2.72. The Hall–Kier alpha value is -4.15. The highest BCUT2D eigenvalue weighted by Gasteiger charge is 2.38. The first-order valence-electron chi connectivity index (χ1n) is 11.5. The van der Waals surface area contributed by atoms with E-state index < -0.39 is 41.7 Å². The number of nitrogens with zero attached hydrogens (tertiary/aromatic N) is 1. The van der Waals surface area contributed by atoms with Gasteiger partial charge in [0.05, 0.1) is 17.1 Å². The molecule has 2 aromatic carbocycles. The van der Waals surface area contributed by atoms with Crippen LogP contribution in [0.25, 0.3) is 0 Å². The molecule has 0 unspecified atom stereocenters. The molecule has 0 aliphatic carbocycles. The van der Waals surface area contributed by atoms with Gasteiger partial charge in [-0.2, -0.15) is 0 Å². The van der Waals surface area contributed by atoms with E-state index in [-0.39, 0.29) is 29.3 Å². The summed E-state index contributed by atoms with van der Waals surface area (Å²) in [5, 5.41) is 5.56. The minimum Gasteiger partial charge on any atom is -0.433 e. The highest BCUT2D eigenvalue weighted by molar-refractivity contribution is 6.33. The summed E-state index contributed by atoms with van der Waals surface area (Å²) >= 11 is 6.02. The number of halogens is 1.